The van der Waals surface area contributed by atoms with Crippen molar-refractivity contribution in [1.29, 1.82) is 0 Å². The lowest BCUT2D eigenvalue weighted by Gasteiger charge is -2.40. The summed E-state index contributed by atoms with van der Waals surface area (Å²) in [6.07, 6.45) is 1.26. The smallest absolute Gasteiger partial charge is 0.0896 e. The minimum atomic E-state index is 0.132. The summed E-state index contributed by atoms with van der Waals surface area (Å²) in [6, 6.07) is 6.21. The van der Waals surface area contributed by atoms with Gasteiger partial charge in [-0.3, -0.25) is 4.90 Å². The van der Waals surface area contributed by atoms with Crippen LogP contribution in [0.15, 0.2) is 22.7 Å². The van der Waals surface area contributed by atoms with Gasteiger partial charge in [-0.25, -0.2) is 0 Å². The van der Waals surface area contributed by atoms with Gasteiger partial charge in [-0.2, -0.15) is 0 Å². The van der Waals surface area contributed by atoms with E-state index in [4.69, 9.17) is 16.3 Å². The molecule has 0 bridgehead atoms. The highest BCUT2D eigenvalue weighted by molar-refractivity contribution is 9.10. The summed E-state index contributed by atoms with van der Waals surface area (Å²) in [7, 11) is 2.14. The van der Waals surface area contributed by atoms with E-state index in [-0.39, 0.29) is 12.1 Å². The predicted molar refractivity (Wildman–Crippen MR) is 87.4 cm³/mol. The first-order chi connectivity index (χ1) is 9.63. The minimum absolute atomic E-state index is 0.132. The Bertz CT molecular complexity index is 444. The van der Waals surface area contributed by atoms with Gasteiger partial charge in [-0.15, -0.1) is 0 Å². The number of nitrogens with zero attached hydrogens (tertiary/aromatic N) is 1. The molecule has 0 amide bonds. The second-order valence-electron chi connectivity index (χ2n) is 5.20. The third-order valence-corrected chi connectivity index (χ3v) is 4.49. The number of likely N-dealkylation sites (N-methyl/N-ethyl adjacent to an activating group) is 1. The number of morpholine rings is 1. The quantitative estimate of drug-likeness (QED) is 0.813. The molecule has 2 unspecified atom stereocenters. The lowest BCUT2D eigenvalue weighted by Crippen LogP contribution is -2.47. The third kappa shape index (κ3) is 3.95. The number of hydrogen-bond acceptors (Lipinski definition) is 3. The average Bonchev–Trinajstić information content (AvgIpc) is 2.42. The first kappa shape index (κ1) is 16.2. The van der Waals surface area contributed by atoms with Crippen LogP contribution in [0.3, 0.4) is 0 Å². The van der Waals surface area contributed by atoms with E-state index in [0.29, 0.717) is 0 Å². The molecule has 0 spiro atoms. The van der Waals surface area contributed by atoms with E-state index >= 15 is 0 Å². The van der Waals surface area contributed by atoms with Crippen molar-refractivity contribution in [3.05, 3.63) is 33.3 Å². The Morgan fingerprint density at radius 3 is 3.05 bits per heavy atom. The number of rotatable bonds is 5. The maximum Gasteiger partial charge on any atom is 0.0896 e. The molecule has 1 aliphatic heterocycles. The molecule has 0 aromatic heterocycles. The van der Waals surface area contributed by atoms with Crippen molar-refractivity contribution < 1.29 is 4.74 Å². The summed E-state index contributed by atoms with van der Waals surface area (Å²) in [5.74, 6) is 0. The average molecular weight is 362 g/mol. The van der Waals surface area contributed by atoms with Gasteiger partial charge in [0.15, 0.2) is 0 Å². The Labute approximate surface area is 134 Å². The van der Waals surface area contributed by atoms with Gasteiger partial charge in [0.25, 0.3) is 0 Å². The van der Waals surface area contributed by atoms with Crippen molar-refractivity contribution in [1.82, 2.24) is 10.2 Å². The van der Waals surface area contributed by atoms with E-state index in [0.717, 1.165) is 47.7 Å². The number of benzene rings is 1. The lowest BCUT2D eigenvalue weighted by molar-refractivity contribution is -0.0612. The van der Waals surface area contributed by atoms with Crippen molar-refractivity contribution in [2.45, 2.75) is 25.5 Å². The van der Waals surface area contributed by atoms with E-state index < -0.39 is 0 Å². The topological polar surface area (TPSA) is 24.5 Å². The Kier molecular flexibility index (Phi) is 6.30. The highest BCUT2D eigenvalue weighted by atomic mass is 79.9. The largest absolute Gasteiger partial charge is 0.374 e. The molecule has 5 heteroatoms. The zero-order chi connectivity index (χ0) is 14.5. The van der Waals surface area contributed by atoms with E-state index in [1.807, 2.05) is 12.1 Å². The van der Waals surface area contributed by atoms with Crippen LogP contribution in [0.4, 0.5) is 0 Å². The number of halogens is 2. The Morgan fingerprint density at radius 2 is 2.30 bits per heavy atom. The molecule has 1 N–H and O–H groups in total. The molecule has 0 radical (unpaired) electrons. The highest BCUT2D eigenvalue weighted by Gasteiger charge is 2.32. The predicted octanol–water partition coefficient (Wildman–Crippen LogP) is 3.47. The SMILES string of the molecule is CCCNCC1OCCN(C)C1c1cc(Br)ccc1Cl. The fourth-order valence-corrected chi connectivity index (χ4v) is 3.24. The van der Waals surface area contributed by atoms with E-state index in [9.17, 15) is 0 Å². The molecule has 1 heterocycles. The van der Waals surface area contributed by atoms with Crippen LogP contribution in [0.25, 0.3) is 0 Å². The zero-order valence-corrected chi connectivity index (χ0v) is 14.4. The highest BCUT2D eigenvalue weighted by Crippen LogP contribution is 2.34. The Hall–Kier alpha value is -0.130. The van der Waals surface area contributed by atoms with Gasteiger partial charge in [0.2, 0.25) is 0 Å². The van der Waals surface area contributed by atoms with Gasteiger partial charge >= 0.3 is 0 Å². The van der Waals surface area contributed by atoms with Crippen LogP contribution in [-0.2, 0) is 4.74 Å². The van der Waals surface area contributed by atoms with E-state index in [1.54, 1.807) is 0 Å². The summed E-state index contributed by atoms with van der Waals surface area (Å²) in [5, 5.41) is 4.25. The molecule has 1 aliphatic rings. The van der Waals surface area contributed by atoms with Crippen LogP contribution in [0.1, 0.15) is 24.9 Å². The zero-order valence-electron chi connectivity index (χ0n) is 12.0. The third-order valence-electron chi connectivity index (χ3n) is 3.65. The van der Waals surface area contributed by atoms with Gasteiger partial charge < -0.3 is 10.1 Å². The summed E-state index contributed by atoms with van der Waals surface area (Å²) < 4.78 is 7.03. The lowest BCUT2D eigenvalue weighted by atomic mass is 9.98. The molecule has 2 atom stereocenters. The van der Waals surface area contributed by atoms with Crippen LogP contribution in [0, 0.1) is 0 Å². The molecule has 20 heavy (non-hydrogen) atoms. The van der Waals surface area contributed by atoms with Crippen molar-refractivity contribution in [3.63, 3.8) is 0 Å². The van der Waals surface area contributed by atoms with Crippen LogP contribution in [-0.4, -0.2) is 44.3 Å². The summed E-state index contributed by atoms with van der Waals surface area (Å²) in [6.45, 7) is 5.74. The van der Waals surface area contributed by atoms with Gasteiger partial charge in [0, 0.05) is 22.6 Å². The molecule has 1 fully saturated rings. The van der Waals surface area contributed by atoms with Gasteiger partial charge in [0.05, 0.1) is 18.8 Å². The van der Waals surface area contributed by atoms with E-state index in [2.05, 4.69) is 46.2 Å². The molecule has 1 aromatic carbocycles. The molecule has 2 rings (SSSR count). The monoisotopic (exact) mass is 360 g/mol. The fourth-order valence-electron chi connectivity index (χ4n) is 2.63. The Balaban J connectivity index is 2.20. The van der Waals surface area contributed by atoms with Crippen LogP contribution >= 0.6 is 27.5 Å². The van der Waals surface area contributed by atoms with Crippen molar-refractivity contribution >= 4 is 27.5 Å². The molecule has 1 aromatic rings. The van der Waals surface area contributed by atoms with Crippen molar-refractivity contribution in [3.8, 4) is 0 Å². The first-order valence-electron chi connectivity index (χ1n) is 7.11. The van der Waals surface area contributed by atoms with Gasteiger partial charge in [-0.05, 0) is 43.8 Å². The molecular weight excluding hydrogens is 340 g/mol. The van der Waals surface area contributed by atoms with Crippen molar-refractivity contribution in [2.24, 2.45) is 0 Å². The van der Waals surface area contributed by atoms with Crippen LogP contribution < -0.4 is 5.32 Å². The van der Waals surface area contributed by atoms with Crippen molar-refractivity contribution in [2.75, 3.05) is 33.3 Å². The van der Waals surface area contributed by atoms with Gasteiger partial charge in [-0.1, -0.05) is 34.5 Å². The Morgan fingerprint density at radius 1 is 1.50 bits per heavy atom. The van der Waals surface area contributed by atoms with Crippen LogP contribution in [0.5, 0.6) is 0 Å². The summed E-state index contributed by atoms with van der Waals surface area (Å²) in [5.41, 5.74) is 1.13. The number of nitrogens with one attached hydrogen (secondary N) is 1. The maximum atomic E-state index is 6.40. The summed E-state index contributed by atoms with van der Waals surface area (Å²) >= 11 is 9.93. The van der Waals surface area contributed by atoms with E-state index in [1.165, 1.54) is 0 Å². The standard InChI is InChI=1S/C15H22BrClN2O/c1-3-6-18-10-14-15(19(2)7-8-20-14)12-9-11(16)4-5-13(12)17/h4-5,9,14-15,18H,3,6-8,10H2,1-2H3. The first-order valence-corrected chi connectivity index (χ1v) is 8.28. The minimum Gasteiger partial charge on any atom is -0.374 e. The normalized spacial score (nSPS) is 24.0. The molecular formula is C15H22BrClN2O. The maximum absolute atomic E-state index is 6.40. The second-order valence-corrected chi connectivity index (χ2v) is 6.53. The summed E-state index contributed by atoms with van der Waals surface area (Å²) in [4.78, 5) is 2.33. The molecule has 0 saturated carbocycles. The molecule has 3 nitrogen and oxygen atoms in total. The van der Waals surface area contributed by atoms with Gasteiger partial charge in [0.1, 0.15) is 0 Å². The molecule has 112 valence electrons. The van der Waals surface area contributed by atoms with Crippen LogP contribution in [0.2, 0.25) is 5.02 Å². The fraction of sp³-hybridized carbons (Fsp3) is 0.600. The molecule has 0 aliphatic carbocycles. The molecule has 1 saturated heterocycles. The number of ether oxygens (including phenoxy) is 1. The number of hydrogen-bond donors (Lipinski definition) is 1. The second kappa shape index (κ2) is 7.76.